The molecule has 2 N–H and O–H groups in total. The molecule has 1 saturated carbocycles. The van der Waals surface area contributed by atoms with E-state index in [1.165, 1.54) is 29.2 Å². The molecule has 0 aliphatic heterocycles. The Morgan fingerprint density at radius 1 is 1.18 bits per heavy atom. The van der Waals surface area contributed by atoms with Crippen LogP contribution in [0, 0.1) is 23.7 Å². The summed E-state index contributed by atoms with van der Waals surface area (Å²) < 4.78 is 18.3. The number of ether oxygens (including phenoxy) is 1. The third-order valence-corrected chi connectivity index (χ3v) is 5.28. The first kappa shape index (κ1) is 26.2. The van der Waals surface area contributed by atoms with Gasteiger partial charge in [0.25, 0.3) is 12.0 Å². The Bertz CT molecular complexity index is 963. The fourth-order valence-electron chi connectivity index (χ4n) is 3.45. The molecular weight excluding hydrogens is 447 g/mol. The van der Waals surface area contributed by atoms with Gasteiger partial charge in [0.2, 0.25) is 5.91 Å². The number of anilines is 1. The fourth-order valence-corrected chi connectivity index (χ4v) is 3.65. The topological polar surface area (TPSA) is 92.1 Å². The Hall–Kier alpha value is -3.06. The highest BCUT2D eigenvalue weighted by Gasteiger charge is 2.38. The van der Waals surface area contributed by atoms with Crippen LogP contribution >= 0.6 is 12.2 Å². The smallest absolute Gasteiger partial charge is 0.392 e. The van der Waals surface area contributed by atoms with E-state index in [2.05, 4.69) is 21.5 Å². The fraction of sp³-hybridized carbons (Fsp3) is 0.522. The molecule has 1 fully saturated rings. The van der Waals surface area contributed by atoms with E-state index in [-0.39, 0.29) is 22.9 Å². The highest BCUT2D eigenvalue weighted by atomic mass is 32.1. The molecule has 2 rings (SSSR count). The highest BCUT2D eigenvalue weighted by molar-refractivity contribution is 7.82. The Morgan fingerprint density at radius 3 is 2.39 bits per heavy atom. The molecule has 3 atom stereocenters. The SMILES string of the molecule is CN(C)C(=O)C1CC[C@H](NC(=S)C(=O)Nc2ccc(F)cc2)C(C#[N+]C(=O)OC(C)(C)C)C1. The average molecular weight is 478 g/mol. The first-order valence-corrected chi connectivity index (χ1v) is 11.0. The molecular formula is C23H30FN4O4S+. The molecule has 2 unspecified atom stereocenters. The van der Waals surface area contributed by atoms with Gasteiger partial charge in [-0.3, -0.25) is 9.59 Å². The minimum absolute atomic E-state index is 0.0193. The molecule has 0 spiro atoms. The lowest BCUT2D eigenvalue weighted by Crippen LogP contribution is -2.48. The van der Waals surface area contributed by atoms with E-state index in [4.69, 9.17) is 17.0 Å². The second-order valence-corrected chi connectivity index (χ2v) is 9.52. The van der Waals surface area contributed by atoms with Gasteiger partial charge >= 0.3 is 6.09 Å². The standard InChI is InChI=1S/C23H29FN4O4S/c1-23(2,3)32-22(31)25-13-15-12-14(21(30)28(4)5)6-11-18(15)27-20(33)19(29)26-17-9-7-16(24)8-10-17/h7-10,14-15,18H,6,11-12H2,1-5H3,(H-,26,27,29,33)/p+1/t14?,15?,18-/m0/s1. The molecule has 0 saturated heterocycles. The van der Waals surface area contributed by atoms with Gasteiger partial charge < -0.3 is 20.3 Å². The normalized spacial score (nSPS) is 20.0. The van der Waals surface area contributed by atoms with Crippen LogP contribution in [0.25, 0.3) is 4.85 Å². The lowest BCUT2D eigenvalue weighted by molar-refractivity contribution is -0.134. The van der Waals surface area contributed by atoms with Gasteiger partial charge in [-0.1, -0.05) is 12.2 Å². The Morgan fingerprint density at radius 2 is 1.82 bits per heavy atom. The van der Waals surface area contributed by atoms with Crippen LogP contribution in [0.3, 0.4) is 0 Å². The maximum Gasteiger partial charge on any atom is 0.728 e. The summed E-state index contributed by atoms with van der Waals surface area (Å²) in [5, 5.41) is 5.61. The van der Waals surface area contributed by atoms with Crippen molar-refractivity contribution < 1.29 is 23.5 Å². The van der Waals surface area contributed by atoms with Crippen molar-refractivity contribution in [3.05, 3.63) is 34.9 Å². The third-order valence-electron chi connectivity index (χ3n) is 4.98. The maximum atomic E-state index is 13.1. The highest BCUT2D eigenvalue weighted by Crippen LogP contribution is 2.30. The van der Waals surface area contributed by atoms with E-state index in [0.717, 1.165) is 0 Å². The lowest BCUT2D eigenvalue weighted by Gasteiger charge is -2.32. The number of carbonyl (C=O) groups excluding carboxylic acids is 3. The molecule has 1 aromatic carbocycles. The van der Waals surface area contributed by atoms with Crippen molar-refractivity contribution in [2.45, 2.75) is 51.7 Å². The largest absolute Gasteiger partial charge is 0.728 e. The van der Waals surface area contributed by atoms with Gasteiger partial charge in [0.15, 0.2) is 4.99 Å². The van der Waals surface area contributed by atoms with Crippen molar-refractivity contribution in [1.82, 2.24) is 10.2 Å². The zero-order chi connectivity index (χ0) is 24.8. The number of halogens is 1. The van der Waals surface area contributed by atoms with E-state index in [1.807, 2.05) is 0 Å². The Kier molecular flexibility index (Phi) is 8.88. The van der Waals surface area contributed by atoms with Crippen LogP contribution < -0.4 is 10.6 Å². The number of carbonyl (C=O) groups is 3. The number of rotatable bonds is 3. The summed E-state index contributed by atoms with van der Waals surface area (Å²) in [4.78, 5) is 42.2. The number of nitrogens with zero attached hydrogens (tertiary/aromatic N) is 2. The van der Waals surface area contributed by atoms with Crippen LogP contribution in [-0.2, 0) is 14.3 Å². The van der Waals surface area contributed by atoms with Crippen LogP contribution in [-0.4, -0.2) is 53.5 Å². The van der Waals surface area contributed by atoms with Crippen LogP contribution in [0.2, 0.25) is 0 Å². The van der Waals surface area contributed by atoms with Gasteiger partial charge in [-0.05, 0) is 64.3 Å². The maximum absolute atomic E-state index is 13.1. The van der Waals surface area contributed by atoms with Gasteiger partial charge in [0.05, 0.1) is 4.85 Å². The summed E-state index contributed by atoms with van der Waals surface area (Å²) in [6, 6.07) is 7.77. The number of hydrogen-bond acceptors (Lipinski definition) is 5. The molecule has 1 aliphatic carbocycles. The summed E-state index contributed by atoms with van der Waals surface area (Å²) in [7, 11) is 3.38. The quantitative estimate of drug-likeness (QED) is 0.643. The minimum atomic E-state index is -0.779. The van der Waals surface area contributed by atoms with Crippen molar-refractivity contribution >= 4 is 40.8 Å². The summed E-state index contributed by atoms with van der Waals surface area (Å²) in [5.41, 5.74) is -0.295. The van der Waals surface area contributed by atoms with Crippen LogP contribution in [0.15, 0.2) is 24.3 Å². The van der Waals surface area contributed by atoms with Gasteiger partial charge in [-0.25, -0.2) is 4.39 Å². The lowest BCUT2D eigenvalue weighted by atomic mass is 9.78. The molecule has 3 amide bonds. The molecule has 1 aliphatic rings. The molecule has 0 heterocycles. The Balaban J connectivity index is 2.12. The number of benzene rings is 1. The monoisotopic (exact) mass is 477 g/mol. The molecule has 0 bridgehead atoms. The number of amides is 3. The minimum Gasteiger partial charge on any atom is -0.392 e. The van der Waals surface area contributed by atoms with Crippen molar-refractivity contribution in [3.63, 3.8) is 0 Å². The van der Waals surface area contributed by atoms with E-state index in [1.54, 1.807) is 34.9 Å². The average Bonchev–Trinajstić information content (AvgIpc) is 2.72. The zero-order valence-electron chi connectivity index (χ0n) is 19.5. The number of hydrogen-bond donors (Lipinski definition) is 2. The van der Waals surface area contributed by atoms with Gasteiger partial charge in [0.1, 0.15) is 17.3 Å². The van der Waals surface area contributed by atoms with Crippen molar-refractivity contribution in [2.75, 3.05) is 19.4 Å². The van der Waals surface area contributed by atoms with E-state index >= 15 is 0 Å². The third kappa shape index (κ3) is 8.42. The molecule has 8 nitrogen and oxygen atoms in total. The van der Waals surface area contributed by atoms with Gasteiger partial charge in [-0.2, -0.15) is 4.79 Å². The van der Waals surface area contributed by atoms with Crippen LogP contribution in [0.5, 0.6) is 0 Å². The number of thiocarbonyl (C=S) groups is 1. The zero-order valence-corrected chi connectivity index (χ0v) is 20.3. The van der Waals surface area contributed by atoms with Crippen molar-refractivity contribution in [1.29, 1.82) is 0 Å². The summed E-state index contributed by atoms with van der Waals surface area (Å²) >= 11 is 5.24. The van der Waals surface area contributed by atoms with Gasteiger partial charge in [-0.15, -0.1) is 0 Å². The van der Waals surface area contributed by atoms with Crippen LogP contribution in [0.1, 0.15) is 40.0 Å². The van der Waals surface area contributed by atoms with E-state index in [0.29, 0.717) is 24.9 Å². The Labute approximate surface area is 198 Å². The molecule has 1 aromatic rings. The first-order chi connectivity index (χ1) is 15.4. The summed E-state index contributed by atoms with van der Waals surface area (Å²) in [5.74, 6) is -1.69. The first-order valence-electron chi connectivity index (χ1n) is 10.6. The van der Waals surface area contributed by atoms with E-state index < -0.39 is 29.3 Å². The second kappa shape index (κ2) is 11.2. The van der Waals surface area contributed by atoms with Crippen molar-refractivity contribution in [3.8, 4) is 6.07 Å². The molecule has 0 aromatic heterocycles. The molecule has 10 heteroatoms. The van der Waals surface area contributed by atoms with Crippen LogP contribution in [0.4, 0.5) is 14.9 Å². The number of nitrogens with one attached hydrogen (secondary N) is 2. The van der Waals surface area contributed by atoms with Crippen molar-refractivity contribution in [2.24, 2.45) is 11.8 Å². The van der Waals surface area contributed by atoms with E-state index in [9.17, 15) is 18.8 Å². The molecule has 0 radical (unpaired) electrons. The predicted octanol–water partition coefficient (Wildman–Crippen LogP) is 3.82. The second-order valence-electron chi connectivity index (χ2n) is 9.11. The summed E-state index contributed by atoms with van der Waals surface area (Å²) in [6.45, 7) is 5.19. The van der Waals surface area contributed by atoms with Gasteiger partial charge in [0, 0.05) is 31.7 Å². The predicted molar refractivity (Wildman–Crippen MR) is 128 cm³/mol. The summed E-state index contributed by atoms with van der Waals surface area (Å²) in [6.07, 6.45) is 0.722. The molecule has 33 heavy (non-hydrogen) atoms. The molecule has 178 valence electrons.